The quantitative estimate of drug-likeness (QED) is 0.572. The van der Waals surface area contributed by atoms with Gasteiger partial charge >= 0.3 is 0 Å². The van der Waals surface area contributed by atoms with Crippen LogP contribution in [0.2, 0.25) is 0 Å². The number of nitrogens with one attached hydrogen (secondary N) is 1. The van der Waals surface area contributed by atoms with Gasteiger partial charge in [0.1, 0.15) is 5.82 Å². The van der Waals surface area contributed by atoms with Crippen molar-refractivity contribution in [1.82, 2.24) is 19.5 Å². The average molecular weight is 412 g/mol. The maximum absolute atomic E-state index is 12.8. The van der Waals surface area contributed by atoms with Crippen LogP contribution in [0.3, 0.4) is 0 Å². The number of piperidine rings is 1. The number of sulfonamides is 1. The highest BCUT2D eigenvalue weighted by molar-refractivity contribution is 7.99. The van der Waals surface area contributed by atoms with E-state index in [2.05, 4.69) is 15.2 Å². The fourth-order valence-electron chi connectivity index (χ4n) is 2.80. The van der Waals surface area contributed by atoms with Crippen molar-refractivity contribution in [3.8, 4) is 0 Å². The van der Waals surface area contributed by atoms with Gasteiger partial charge in [-0.25, -0.2) is 13.4 Å². The smallest absolute Gasteiger partial charge is 0.262 e. The first-order valence-electron chi connectivity index (χ1n) is 8.68. The SMILES string of the molecule is CC(C)c1nc(Sc2ccc(S(=O)(=O)N3CCCCC3)cc2[N+](=O)[O-])n[nH]1. The molecule has 0 unspecified atom stereocenters. The van der Waals surface area contributed by atoms with E-state index >= 15 is 0 Å². The zero-order chi connectivity index (χ0) is 19.6. The van der Waals surface area contributed by atoms with Crippen molar-refractivity contribution in [2.45, 2.75) is 54.0 Å². The summed E-state index contributed by atoms with van der Waals surface area (Å²) in [5, 5.41) is 18.7. The Morgan fingerprint density at radius 3 is 2.56 bits per heavy atom. The minimum atomic E-state index is -3.73. The first kappa shape index (κ1) is 19.8. The van der Waals surface area contributed by atoms with Crippen molar-refractivity contribution in [1.29, 1.82) is 0 Å². The molecule has 27 heavy (non-hydrogen) atoms. The molecule has 3 rings (SSSR count). The first-order chi connectivity index (χ1) is 12.8. The number of nitro benzene ring substituents is 1. The monoisotopic (exact) mass is 411 g/mol. The molecule has 1 saturated heterocycles. The standard InChI is InChI=1S/C16H21N5O4S2/c1-11(2)15-17-16(19-18-15)26-14-7-6-12(10-13(14)21(22)23)27(24,25)20-8-4-3-5-9-20/h6-7,10-11H,3-5,8-9H2,1-2H3,(H,17,18,19). The largest absolute Gasteiger partial charge is 0.284 e. The number of H-pyrrole nitrogens is 1. The van der Waals surface area contributed by atoms with E-state index in [0.717, 1.165) is 37.1 Å². The maximum atomic E-state index is 12.8. The van der Waals surface area contributed by atoms with Crippen LogP contribution in [0.4, 0.5) is 5.69 Å². The fourth-order valence-corrected chi connectivity index (χ4v) is 5.14. The number of nitro groups is 1. The van der Waals surface area contributed by atoms with E-state index in [0.29, 0.717) is 29.0 Å². The number of benzene rings is 1. The van der Waals surface area contributed by atoms with Crippen molar-refractivity contribution in [2.75, 3.05) is 13.1 Å². The Hall–Kier alpha value is -1.98. The van der Waals surface area contributed by atoms with E-state index in [1.807, 2.05) is 13.8 Å². The Balaban J connectivity index is 1.91. The van der Waals surface area contributed by atoms with Crippen molar-refractivity contribution in [2.24, 2.45) is 0 Å². The van der Waals surface area contributed by atoms with E-state index in [9.17, 15) is 18.5 Å². The number of rotatable bonds is 6. The molecule has 2 aromatic rings. The summed E-state index contributed by atoms with van der Waals surface area (Å²) in [7, 11) is -3.73. The summed E-state index contributed by atoms with van der Waals surface area (Å²) in [5.74, 6) is 0.836. The predicted molar refractivity (Wildman–Crippen MR) is 100 cm³/mol. The summed E-state index contributed by atoms with van der Waals surface area (Å²) < 4.78 is 26.9. The van der Waals surface area contributed by atoms with E-state index in [1.165, 1.54) is 16.4 Å². The molecule has 0 aliphatic carbocycles. The molecule has 0 saturated carbocycles. The molecule has 1 fully saturated rings. The number of hydrogen-bond donors (Lipinski definition) is 1. The van der Waals surface area contributed by atoms with Gasteiger partial charge in [0.05, 0.1) is 14.7 Å². The molecule has 0 bridgehead atoms. The van der Waals surface area contributed by atoms with Gasteiger partial charge in [-0.15, -0.1) is 5.10 Å². The molecule has 146 valence electrons. The zero-order valence-corrected chi connectivity index (χ0v) is 16.7. The third kappa shape index (κ3) is 4.30. The van der Waals surface area contributed by atoms with Crippen LogP contribution >= 0.6 is 11.8 Å². The summed E-state index contributed by atoms with van der Waals surface area (Å²) in [6.45, 7) is 4.80. The van der Waals surface area contributed by atoms with Crippen LogP contribution in [0.25, 0.3) is 0 Å². The third-order valence-electron chi connectivity index (χ3n) is 4.31. The molecule has 1 aliphatic heterocycles. The summed E-state index contributed by atoms with van der Waals surface area (Å²) >= 11 is 1.03. The van der Waals surface area contributed by atoms with Gasteiger partial charge in [0, 0.05) is 25.1 Å². The highest BCUT2D eigenvalue weighted by Crippen LogP contribution is 2.35. The van der Waals surface area contributed by atoms with Gasteiger partial charge in [0.25, 0.3) is 5.69 Å². The molecule has 0 atom stereocenters. The molecule has 11 heteroatoms. The van der Waals surface area contributed by atoms with Crippen LogP contribution in [-0.2, 0) is 10.0 Å². The van der Waals surface area contributed by atoms with Crippen molar-refractivity contribution in [3.05, 3.63) is 34.1 Å². The van der Waals surface area contributed by atoms with Crippen LogP contribution in [-0.4, -0.2) is 45.9 Å². The number of hydrogen-bond acceptors (Lipinski definition) is 7. The van der Waals surface area contributed by atoms with Gasteiger partial charge in [-0.05, 0) is 36.7 Å². The summed E-state index contributed by atoms with van der Waals surface area (Å²) in [6, 6.07) is 3.99. The van der Waals surface area contributed by atoms with Crippen LogP contribution in [0.1, 0.15) is 44.9 Å². The normalized spacial score (nSPS) is 16.0. The minimum Gasteiger partial charge on any atom is -0.262 e. The molecule has 1 N–H and O–H groups in total. The Morgan fingerprint density at radius 2 is 1.96 bits per heavy atom. The average Bonchev–Trinajstić information content (AvgIpc) is 3.11. The van der Waals surface area contributed by atoms with Crippen molar-refractivity contribution >= 4 is 27.5 Å². The van der Waals surface area contributed by atoms with Crippen LogP contribution in [0.15, 0.2) is 33.1 Å². The summed E-state index contributed by atoms with van der Waals surface area (Å²) in [4.78, 5) is 15.5. The Labute approximate surface area is 161 Å². The molecule has 9 nitrogen and oxygen atoms in total. The van der Waals surface area contributed by atoms with Crippen molar-refractivity contribution < 1.29 is 13.3 Å². The van der Waals surface area contributed by atoms with Gasteiger partial charge in [-0.2, -0.15) is 4.31 Å². The molecule has 1 aromatic heterocycles. The molecule has 0 amide bonds. The van der Waals surface area contributed by atoms with E-state index in [1.54, 1.807) is 0 Å². The third-order valence-corrected chi connectivity index (χ3v) is 7.14. The highest BCUT2D eigenvalue weighted by Gasteiger charge is 2.29. The van der Waals surface area contributed by atoms with Gasteiger partial charge in [-0.3, -0.25) is 15.2 Å². The lowest BCUT2D eigenvalue weighted by atomic mass is 10.2. The zero-order valence-electron chi connectivity index (χ0n) is 15.1. The lowest BCUT2D eigenvalue weighted by molar-refractivity contribution is -0.388. The van der Waals surface area contributed by atoms with Crippen LogP contribution in [0, 0.1) is 10.1 Å². The van der Waals surface area contributed by atoms with Gasteiger partial charge in [0.2, 0.25) is 15.2 Å². The molecule has 1 aromatic carbocycles. The molecular weight excluding hydrogens is 390 g/mol. The lowest BCUT2D eigenvalue weighted by Gasteiger charge is -2.25. The molecule has 1 aliphatic rings. The Kier molecular flexibility index (Phi) is 5.82. The van der Waals surface area contributed by atoms with Gasteiger partial charge < -0.3 is 0 Å². The molecule has 2 heterocycles. The Bertz CT molecular complexity index is 936. The summed E-state index contributed by atoms with van der Waals surface area (Å²) in [5.41, 5.74) is -0.269. The maximum Gasteiger partial charge on any atom is 0.284 e. The van der Waals surface area contributed by atoms with E-state index in [4.69, 9.17) is 0 Å². The highest BCUT2D eigenvalue weighted by atomic mass is 32.2. The second-order valence-corrected chi connectivity index (χ2v) is 9.56. The predicted octanol–water partition coefficient (Wildman–Crippen LogP) is 3.16. The minimum absolute atomic E-state index is 0.0571. The Morgan fingerprint density at radius 1 is 1.26 bits per heavy atom. The van der Waals surface area contributed by atoms with Crippen LogP contribution in [0.5, 0.6) is 0 Å². The lowest BCUT2D eigenvalue weighted by Crippen LogP contribution is -2.35. The first-order valence-corrected chi connectivity index (χ1v) is 10.9. The van der Waals surface area contributed by atoms with Gasteiger partial charge in [-0.1, -0.05) is 20.3 Å². The van der Waals surface area contributed by atoms with E-state index in [-0.39, 0.29) is 16.5 Å². The molecule has 0 spiro atoms. The number of nitrogens with zero attached hydrogens (tertiary/aromatic N) is 4. The van der Waals surface area contributed by atoms with Gasteiger partial charge in [0.15, 0.2) is 0 Å². The fraction of sp³-hybridized carbons (Fsp3) is 0.500. The topological polar surface area (TPSA) is 122 Å². The number of aromatic nitrogens is 3. The second kappa shape index (κ2) is 7.95. The van der Waals surface area contributed by atoms with Crippen LogP contribution < -0.4 is 0 Å². The molecule has 0 radical (unpaired) electrons. The van der Waals surface area contributed by atoms with Crippen molar-refractivity contribution in [3.63, 3.8) is 0 Å². The number of aromatic amines is 1. The second-order valence-electron chi connectivity index (χ2n) is 6.61. The van der Waals surface area contributed by atoms with E-state index < -0.39 is 14.9 Å². The summed E-state index contributed by atoms with van der Waals surface area (Å²) in [6.07, 6.45) is 2.60. The molecular formula is C16H21N5O4S2.